The zero-order valence-electron chi connectivity index (χ0n) is 14.2. The van der Waals surface area contributed by atoms with Gasteiger partial charge in [0.1, 0.15) is 0 Å². The van der Waals surface area contributed by atoms with Gasteiger partial charge in [-0.15, -0.1) is 0 Å². The van der Waals surface area contributed by atoms with Gasteiger partial charge in [0.05, 0.1) is 0 Å². The van der Waals surface area contributed by atoms with E-state index in [1.807, 2.05) is 0 Å². The van der Waals surface area contributed by atoms with Gasteiger partial charge < -0.3 is 10.2 Å². The van der Waals surface area contributed by atoms with Crippen molar-refractivity contribution in [3.8, 4) is 0 Å². The molecule has 3 nitrogen and oxygen atoms in total. The van der Waals surface area contributed by atoms with Gasteiger partial charge in [0.15, 0.2) is 0 Å². The van der Waals surface area contributed by atoms with E-state index < -0.39 is 0 Å². The molecule has 2 rings (SSSR count). The number of anilines is 1. The molecule has 21 heavy (non-hydrogen) atoms. The average molecular weight is 289 g/mol. The van der Waals surface area contributed by atoms with E-state index in [9.17, 15) is 0 Å². The van der Waals surface area contributed by atoms with Crippen LogP contribution in [0.15, 0.2) is 12.3 Å². The maximum atomic E-state index is 4.49. The Hall–Kier alpha value is -1.09. The summed E-state index contributed by atoms with van der Waals surface area (Å²) >= 11 is 0. The number of pyridine rings is 1. The first-order chi connectivity index (χ1) is 10.1. The third-order valence-corrected chi connectivity index (χ3v) is 4.68. The van der Waals surface area contributed by atoms with Crippen LogP contribution in [0.1, 0.15) is 57.2 Å². The highest BCUT2D eigenvalue weighted by Gasteiger charge is 2.24. The summed E-state index contributed by atoms with van der Waals surface area (Å²) in [7, 11) is 2.26. The summed E-state index contributed by atoms with van der Waals surface area (Å²) in [6, 6.07) is 2.93. The summed E-state index contributed by atoms with van der Waals surface area (Å²) in [5.74, 6) is 0.857. The predicted molar refractivity (Wildman–Crippen MR) is 90.8 cm³/mol. The van der Waals surface area contributed by atoms with Crippen LogP contribution in [-0.4, -0.2) is 24.6 Å². The summed E-state index contributed by atoms with van der Waals surface area (Å²) in [6.45, 7) is 8.67. The normalized spacial score (nSPS) is 22.3. The highest BCUT2D eigenvalue weighted by Crippen LogP contribution is 2.31. The summed E-state index contributed by atoms with van der Waals surface area (Å²) in [5.41, 5.74) is 3.81. The van der Waals surface area contributed by atoms with Gasteiger partial charge in [-0.3, -0.25) is 4.98 Å². The maximum absolute atomic E-state index is 4.49. The van der Waals surface area contributed by atoms with E-state index in [4.69, 9.17) is 0 Å². The third-order valence-electron chi connectivity index (χ3n) is 4.68. The molecule has 1 heterocycles. The monoisotopic (exact) mass is 289 g/mol. The van der Waals surface area contributed by atoms with Crippen LogP contribution >= 0.6 is 0 Å². The van der Waals surface area contributed by atoms with Crippen LogP contribution in [-0.2, 0) is 6.54 Å². The van der Waals surface area contributed by atoms with Crippen molar-refractivity contribution in [3.63, 3.8) is 0 Å². The van der Waals surface area contributed by atoms with Crippen LogP contribution in [0.5, 0.6) is 0 Å². The molecule has 1 N–H and O–H groups in total. The minimum atomic E-state index is 0.681. The molecule has 0 amide bonds. The van der Waals surface area contributed by atoms with Crippen molar-refractivity contribution < 1.29 is 0 Å². The van der Waals surface area contributed by atoms with Crippen molar-refractivity contribution in [2.75, 3.05) is 18.5 Å². The van der Waals surface area contributed by atoms with E-state index in [2.05, 4.69) is 55.3 Å². The zero-order chi connectivity index (χ0) is 15.2. The van der Waals surface area contributed by atoms with Crippen molar-refractivity contribution in [1.29, 1.82) is 0 Å². The predicted octanol–water partition coefficient (Wildman–Crippen LogP) is 3.90. The van der Waals surface area contributed by atoms with Gasteiger partial charge in [0.25, 0.3) is 0 Å². The van der Waals surface area contributed by atoms with Crippen molar-refractivity contribution in [2.45, 2.75) is 65.5 Å². The molecule has 1 aromatic rings. The average Bonchev–Trinajstić information content (AvgIpc) is 2.48. The van der Waals surface area contributed by atoms with E-state index in [0.717, 1.165) is 24.7 Å². The molecule has 0 radical (unpaired) electrons. The van der Waals surface area contributed by atoms with Gasteiger partial charge >= 0.3 is 0 Å². The highest BCUT2D eigenvalue weighted by atomic mass is 15.1. The first-order valence-corrected chi connectivity index (χ1v) is 8.50. The minimum Gasteiger partial charge on any atom is -0.371 e. The number of nitrogens with zero attached hydrogens (tertiary/aromatic N) is 2. The van der Waals surface area contributed by atoms with Gasteiger partial charge in [-0.05, 0) is 44.7 Å². The summed E-state index contributed by atoms with van der Waals surface area (Å²) in [4.78, 5) is 7.00. The van der Waals surface area contributed by atoms with Crippen molar-refractivity contribution in [3.05, 3.63) is 23.5 Å². The Bertz CT molecular complexity index is 444. The second-order valence-corrected chi connectivity index (χ2v) is 6.67. The Morgan fingerprint density at radius 2 is 2.19 bits per heavy atom. The first kappa shape index (κ1) is 16.3. The van der Waals surface area contributed by atoms with Crippen molar-refractivity contribution in [1.82, 2.24) is 10.3 Å². The number of hydrogen-bond donors (Lipinski definition) is 1. The number of nitrogens with one attached hydrogen (secondary N) is 1. The molecule has 2 atom stereocenters. The van der Waals surface area contributed by atoms with E-state index in [0.29, 0.717) is 6.04 Å². The molecule has 0 saturated heterocycles. The number of aromatic nitrogens is 1. The van der Waals surface area contributed by atoms with Crippen molar-refractivity contribution >= 4 is 5.69 Å². The maximum Gasteiger partial charge on any atom is 0.0445 e. The molecule has 1 aromatic heterocycles. The molecule has 3 heteroatoms. The third kappa shape index (κ3) is 4.44. The fourth-order valence-corrected chi connectivity index (χ4v) is 3.39. The molecule has 0 aromatic carbocycles. The lowest BCUT2D eigenvalue weighted by Gasteiger charge is -2.36. The van der Waals surface area contributed by atoms with Crippen LogP contribution < -0.4 is 10.2 Å². The smallest absolute Gasteiger partial charge is 0.0445 e. The van der Waals surface area contributed by atoms with Crippen molar-refractivity contribution in [2.24, 2.45) is 5.92 Å². The lowest BCUT2D eigenvalue weighted by atomic mass is 9.86. The molecule has 1 aliphatic carbocycles. The zero-order valence-corrected chi connectivity index (χ0v) is 14.2. The van der Waals surface area contributed by atoms with Gasteiger partial charge in [-0.25, -0.2) is 0 Å². The summed E-state index contributed by atoms with van der Waals surface area (Å²) in [5, 5.41) is 3.51. The number of hydrogen-bond acceptors (Lipinski definition) is 3. The Balaban J connectivity index is 2.13. The minimum absolute atomic E-state index is 0.681. The van der Waals surface area contributed by atoms with Gasteiger partial charge in [-0.1, -0.05) is 26.7 Å². The summed E-state index contributed by atoms with van der Waals surface area (Å²) < 4.78 is 0. The molecule has 0 bridgehead atoms. The van der Waals surface area contributed by atoms with Gasteiger partial charge in [0, 0.05) is 42.8 Å². The number of aryl methyl sites for hydroxylation is 1. The van der Waals surface area contributed by atoms with Crippen LogP contribution in [0.3, 0.4) is 0 Å². The fourth-order valence-electron chi connectivity index (χ4n) is 3.39. The topological polar surface area (TPSA) is 28.2 Å². The fraction of sp³-hybridized carbons (Fsp3) is 0.722. The Labute approximate surface area is 130 Å². The van der Waals surface area contributed by atoms with Crippen LogP contribution in [0.2, 0.25) is 0 Å². The Morgan fingerprint density at radius 1 is 1.38 bits per heavy atom. The number of rotatable bonds is 6. The Kier molecular flexibility index (Phi) is 6.04. The molecule has 1 saturated carbocycles. The quantitative estimate of drug-likeness (QED) is 0.805. The molecular formula is C18H31N3. The largest absolute Gasteiger partial charge is 0.371 e. The molecule has 0 spiro atoms. The van der Waals surface area contributed by atoms with Crippen LogP contribution in [0, 0.1) is 12.8 Å². The lowest BCUT2D eigenvalue weighted by Crippen LogP contribution is -2.36. The lowest BCUT2D eigenvalue weighted by molar-refractivity contribution is 0.336. The standard InChI is InChI=1S/C18H31N3/c1-5-9-19-12-16-13-20-15(3)11-18(16)21(4)17-8-6-7-14(2)10-17/h11,13-14,17,19H,5-10,12H2,1-4H3. The van der Waals surface area contributed by atoms with E-state index in [1.54, 1.807) is 0 Å². The van der Waals surface area contributed by atoms with Gasteiger partial charge in [-0.2, -0.15) is 0 Å². The van der Waals surface area contributed by atoms with E-state index >= 15 is 0 Å². The van der Waals surface area contributed by atoms with Crippen LogP contribution in [0.25, 0.3) is 0 Å². The van der Waals surface area contributed by atoms with E-state index in [-0.39, 0.29) is 0 Å². The highest BCUT2D eigenvalue weighted by molar-refractivity contribution is 5.54. The van der Waals surface area contributed by atoms with E-state index in [1.165, 1.54) is 43.4 Å². The molecular weight excluding hydrogens is 258 g/mol. The summed E-state index contributed by atoms with van der Waals surface area (Å²) in [6.07, 6.45) is 8.62. The molecule has 1 fully saturated rings. The second-order valence-electron chi connectivity index (χ2n) is 6.67. The molecule has 118 valence electrons. The first-order valence-electron chi connectivity index (χ1n) is 8.50. The Morgan fingerprint density at radius 3 is 2.90 bits per heavy atom. The molecule has 2 unspecified atom stereocenters. The van der Waals surface area contributed by atoms with Gasteiger partial charge in [0.2, 0.25) is 0 Å². The van der Waals surface area contributed by atoms with Crippen LogP contribution in [0.4, 0.5) is 5.69 Å². The molecule has 0 aliphatic heterocycles. The molecule has 1 aliphatic rings. The SMILES string of the molecule is CCCNCc1cnc(C)cc1N(C)C1CCCC(C)C1. The second kappa shape index (κ2) is 7.79.